The van der Waals surface area contributed by atoms with E-state index in [4.69, 9.17) is 9.47 Å². The Balaban J connectivity index is 0.00000420. The predicted molar refractivity (Wildman–Crippen MR) is 126 cm³/mol. The van der Waals surface area contributed by atoms with E-state index in [0.717, 1.165) is 50.6 Å². The van der Waals surface area contributed by atoms with Gasteiger partial charge < -0.3 is 25.0 Å². The Labute approximate surface area is 191 Å². The summed E-state index contributed by atoms with van der Waals surface area (Å²) in [5.74, 6) is 0.540. The van der Waals surface area contributed by atoms with Crippen LogP contribution in [0.3, 0.4) is 0 Å². The number of nitrogens with one attached hydrogen (secondary N) is 2. The Morgan fingerprint density at radius 1 is 1.31 bits per heavy atom. The molecule has 1 fully saturated rings. The molecule has 1 aliphatic heterocycles. The van der Waals surface area contributed by atoms with Crippen molar-refractivity contribution in [3.8, 4) is 0 Å². The molecule has 0 aliphatic carbocycles. The second-order valence-corrected chi connectivity index (χ2v) is 7.46. The van der Waals surface area contributed by atoms with Crippen LogP contribution >= 0.6 is 24.0 Å². The number of hydrogen-bond acceptors (Lipinski definition) is 4. The Morgan fingerprint density at radius 3 is 2.66 bits per heavy atom. The maximum atomic E-state index is 13.7. The number of halogens is 2. The maximum Gasteiger partial charge on any atom is 0.191 e. The summed E-state index contributed by atoms with van der Waals surface area (Å²) in [5, 5.41) is 6.83. The molecule has 1 heterocycles. The third-order valence-electron chi connectivity index (χ3n) is 4.88. The van der Waals surface area contributed by atoms with Crippen LogP contribution in [-0.4, -0.2) is 63.4 Å². The monoisotopic (exact) mass is 522 g/mol. The summed E-state index contributed by atoms with van der Waals surface area (Å²) in [6, 6.07) is 5.51. The molecule has 0 amide bonds. The van der Waals surface area contributed by atoms with Gasteiger partial charge in [0.15, 0.2) is 5.96 Å². The number of aliphatic imine (C=N–C) groups is 1. The third-order valence-corrected chi connectivity index (χ3v) is 4.88. The van der Waals surface area contributed by atoms with Crippen molar-refractivity contribution in [2.24, 2.45) is 4.99 Å². The Kier molecular flexibility index (Phi) is 12.7. The Hall–Kier alpha value is -0.970. The lowest BCUT2D eigenvalue weighted by Gasteiger charge is -2.33. The average Bonchev–Trinajstić information content (AvgIpc) is 2.68. The lowest BCUT2D eigenvalue weighted by Crippen LogP contribution is -2.49. The first kappa shape index (κ1) is 26.1. The first-order valence-corrected chi connectivity index (χ1v) is 10.1. The first-order chi connectivity index (χ1) is 13.5. The van der Waals surface area contributed by atoms with Crippen LogP contribution in [0.1, 0.15) is 37.8 Å². The molecule has 0 spiro atoms. The van der Waals surface area contributed by atoms with Gasteiger partial charge in [-0.2, -0.15) is 0 Å². The highest BCUT2D eigenvalue weighted by Gasteiger charge is 2.19. The highest BCUT2D eigenvalue weighted by Crippen LogP contribution is 2.12. The molecule has 0 saturated carbocycles. The molecule has 2 N–H and O–H groups in total. The zero-order chi connectivity index (χ0) is 20.4. The minimum atomic E-state index is -0.237. The summed E-state index contributed by atoms with van der Waals surface area (Å²) in [6.45, 7) is 8.91. The molecule has 6 nitrogen and oxygen atoms in total. The van der Waals surface area contributed by atoms with E-state index < -0.39 is 0 Å². The number of likely N-dealkylation sites (tertiary alicyclic amines) is 1. The van der Waals surface area contributed by atoms with E-state index in [2.05, 4.69) is 34.4 Å². The van der Waals surface area contributed by atoms with Crippen molar-refractivity contribution >= 4 is 29.9 Å². The summed E-state index contributed by atoms with van der Waals surface area (Å²) in [5.41, 5.74) is 1.56. The number of rotatable bonds is 9. The Bertz CT molecular complexity index is 623. The number of hydrogen-bond donors (Lipinski definition) is 2. The van der Waals surface area contributed by atoms with Crippen LogP contribution in [-0.2, 0) is 22.6 Å². The van der Waals surface area contributed by atoms with E-state index in [1.165, 1.54) is 6.07 Å². The lowest BCUT2D eigenvalue weighted by atomic mass is 10.1. The van der Waals surface area contributed by atoms with Crippen molar-refractivity contribution in [1.29, 1.82) is 0 Å². The second-order valence-electron chi connectivity index (χ2n) is 7.46. The van der Waals surface area contributed by atoms with Crippen LogP contribution in [0.5, 0.6) is 0 Å². The highest BCUT2D eigenvalue weighted by molar-refractivity contribution is 14.0. The Morgan fingerprint density at radius 2 is 2.03 bits per heavy atom. The molecule has 29 heavy (non-hydrogen) atoms. The number of piperidine rings is 1. The number of benzene rings is 1. The highest BCUT2D eigenvalue weighted by atomic mass is 127. The summed E-state index contributed by atoms with van der Waals surface area (Å²) in [6.07, 6.45) is 2.45. The number of nitrogens with zero attached hydrogens (tertiary/aromatic N) is 2. The molecule has 0 unspecified atom stereocenters. The van der Waals surface area contributed by atoms with E-state index in [9.17, 15) is 4.39 Å². The minimum Gasteiger partial charge on any atom is -0.380 e. The van der Waals surface area contributed by atoms with Gasteiger partial charge in [-0.1, -0.05) is 6.07 Å². The third kappa shape index (κ3) is 9.59. The van der Waals surface area contributed by atoms with Gasteiger partial charge in [0, 0.05) is 51.9 Å². The van der Waals surface area contributed by atoms with Crippen LogP contribution in [0.25, 0.3) is 0 Å². The van der Waals surface area contributed by atoms with E-state index in [1.807, 2.05) is 6.07 Å². The molecule has 2 rings (SSSR count). The van der Waals surface area contributed by atoms with Gasteiger partial charge in [-0.3, -0.25) is 4.99 Å². The summed E-state index contributed by atoms with van der Waals surface area (Å²) in [4.78, 5) is 6.77. The van der Waals surface area contributed by atoms with Crippen LogP contribution in [0, 0.1) is 5.82 Å². The van der Waals surface area contributed by atoms with Crippen LogP contribution in [0.2, 0.25) is 0 Å². The lowest BCUT2D eigenvalue weighted by molar-refractivity contribution is 0.0532. The van der Waals surface area contributed by atoms with E-state index in [1.54, 1.807) is 20.2 Å². The van der Waals surface area contributed by atoms with E-state index >= 15 is 0 Å². The summed E-state index contributed by atoms with van der Waals surface area (Å²) >= 11 is 0. The normalized spacial score (nSPS) is 16.0. The van der Waals surface area contributed by atoms with Gasteiger partial charge >= 0.3 is 0 Å². The molecular weight excluding hydrogens is 486 g/mol. The number of guanidine groups is 1. The number of ether oxygens (including phenoxy) is 2. The predicted octanol–water partition coefficient (Wildman–Crippen LogP) is 3.14. The van der Waals surface area contributed by atoms with Gasteiger partial charge in [-0.05, 0) is 44.4 Å². The van der Waals surface area contributed by atoms with Crippen LogP contribution < -0.4 is 10.6 Å². The van der Waals surface area contributed by atoms with Crippen molar-refractivity contribution in [2.75, 3.05) is 40.4 Å². The molecule has 8 heteroatoms. The summed E-state index contributed by atoms with van der Waals surface area (Å²) < 4.78 is 24.4. The van der Waals surface area contributed by atoms with Crippen molar-refractivity contribution in [3.05, 3.63) is 35.1 Å². The number of methoxy groups -OCH3 is 1. The molecule has 1 saturated heterocycles. The fraction of sp³-hybridized carbons (Fsp3) is 0.667. The molecule has 0 bridgehead atoms. The fourth-order valence-electron chi connectivity index (χ4n) is 3.30. The smallest absolute Gasteiger partial charge is 0.191 e. The van der Waals surface area contributed by atoms with Gasteiger partial charge in [0.2, 0.25) is 0 Å². The van der Waals surface area contributed by atoms with Gasteiger partial charge in [0.05, 0.1) is 19.3 Å². The quantitative estimate of drug-likeness (QED) is 0.297. The van der Waals surface area contributed by atoms with Gasteiger partial charge in [-0.15, -0.1) is 24.0 Å². The van der Waals surface area contributed by atoms with Gasteiger partial charge in [0.25, 0.3) is 0 Å². The second kappa shape index (κ2) is 14.1. The van der Waals surface area contributed by atoms with Crippen molar-refractivity contribution in [3.63, 3.8) is 0 Å². The largest absolute Gasteiger partial charge is 0.380 e. The molecular formula is C21H36FIN4O2. The zero-order valence-electron chi connectivity index (χ0n) is 18.0. The molecule has 0 aromatic heterocycles. The topological polar surface area (TPSA) is 58.1 Å². The molecule has 0 atom stereocenters. The molecule has 166 valence electrons. The van der Waals surface area contributed by atoms with Crippen molar-refractivity contribution in [2.45, 2.75) is 52.0 Å². The fourth-order valence-corrected chi connectivity index (χ4v) is 3.30. The van der Waals surface area contributed by atoms with Gasteiger partial charge in [-0.25, -0.2) is 4.39 Å². The van der Waals surface area contributed by atoms with Crippen molar-refractivity contribution < 1.29 is 13.9 Å². The average molecular weight is 522 g/mol. The molecule has 1 aliphatic rings. The first-order valence-electron chi connectivity index (χ1n) is 10.1. The summed E-state index contributed by atoms with van der Waals surface area (Å²) in [7, 11) is 3.34. The SMILES string of the molecule is CN=C(NCc1ccc(F)c(COC)c1)NC1CCN(CCOC(C)C)CC1.I. The zero-order valence-corrected chi connectivity index (χ0v) is 20.4. The minimum absolute atomic E-state index is 0. The molecule has 1 aromatic carbocycles. The molecule has 0 radical (unpaired) electrons. The van der Waals surface area contributed by atoms with E-state index in [0.29, 0.717) is 24.3 Å². The van der Waals surface area contributed by atoms with E-state index in [-0.39, 0.29) is 36.4 Å². The van der Waals surface area contributed by atoms with Crippen LogP contribution in [0.15, 0.2) is 23.2 Å². The van der Waals surface area contributed by atoms with Gasteiger partial charge in [0.1, 0.15) is 5.82 Å². The van der Waals surface area contributed by atoms with Crippen LogP contribution in [0.4, 0.5) is 4.39 Å². The standard InChI is InChI=1S/C21H35FN4O2.HI/c1-16(2)28-12-11-26-9-7-19(8-10-26)25-21(23-3)24-14-17-5-6-20(22)18(13-17)15-27-4;/h5-6,13,16,19H,7-12,14-15H2,1-4H3,(H2,23,24,25);1H. The van der Waals surface area contributed by atoms with Crippen molar-refractivity contribution in [1.82, 2.24) is 15.5 Å². The maximum absolute atomic E-state index is 13.7. The molecule has 1 aromatic rings.